The maximum atomic E-state index is 8.93. The molecule has 1 nitrogen and oxygen atoms in total. The van der Waals surface area contributed by atoms with Gasteiger partial charge in [0.15, 0.2) is 0 Å². The van der Waals surface area contributed by atoms with E-state index in [0.29, 0.717) is 0 Å². The number of hydrogen-bond acceptors (Lipinski definition) is 2. The van der Waals surface area contributed by atoms with Crippen LogP contribution in [0.25, 0.3) is 11.1 Å². The first-order valence-electron chi connectivity index (χ1n) is 5.62. The van der Waals surface area contributed by atoms with Crippen molar-refractivity contribution in [2.24, 2.45) is 0 Å². The van der Waals surface area contributed by atoms with E-state index in [1.807, 2.05) is 37.3 Å². The third kappa shape index (κ3) is 2.95. The minimum Gasteiger partial charge on any atom is -0.197 e. The van der Waals surface area contributed by atoms with E-state index in [0.717, 1.165) is 20.5 Å². The van der Waals surface area contributed by atoms with E-state index in [-0.39, 0.29) is 5.25 Å². The van der Waals surface area contributed by atoms with Crippen molar-refractivity contribution in [2.75, 3.05) is 0 Å². The van der Waals surface area contributed by atoms with Gasteiger partial charge in [-0.05, 0) is 30.2 Å². The Kier molecular flexibility index (Phi) is 4.46. The monoisotopic (exact) mass is 317 g/mol. The SMILES string of the molecule is CC(C#N)Sc1ccccc1-c1ccccc1Br. The summed E-state index contributed by atoms with van der Waals surface area (Å²) in [5, 5.41) is 8.88. The van der Waals surface area contributed by atoms with Gasteiger partial charge in [-0.2, -0.15) is 5.26 Å². The number of nitrogens with zero attached hydrogens (tertiary/aromatic N) is 1. The Morgan fingerprint density at radius 1 is 1.06 bits per heavy atom. The lowest BCUT2D eigenvalue weighted by Gasteiger charge is -2.11. The number of hydrogen-bond donors (Lipinski definition) is 0. The van der Waals surface area contributed by atoms with Crippen LogP contribution in [-0.2, 0) is 0 Å². The number of benzene rings is 2. The summed E-state index contributed by atoms with van der Waals surface area (Å²) in [7, 11) is 0. The van der Waals surface area contributed by atoms with Crippen LogP contribution in [0.2, 0.25) is 0 Å². The van der Waals surface area contributed by atoms with Gasteiger partial charge in [-0.1, -0.05) is 52.3 Å². The van der Waals surface area contributed by atoms with Crippen molar-refractivity contribution in [3.05, 3.63) is 53.0 Å². The zero-order valence-corrected chi connectivity index (χ0v) is 12.3. The summed E-state index contributed by atoms with van der Waals surface area (Å²) in [6, 6.07) is 18.6. The van der Waals surface area contributed by atoms with Gasteiger partial charge in [-0.3, -0.25) is 0 Å². The second-order valence-electron chi connectivity index (χ2n) is 3.87. The predicted octanol–water partition coefficient (Wildman–Crippen LogP) is 5.12. The van der Waals surface area contributed by atoms with Crippen LogP contribution in [0.3, 0.4) is 0 Å². The molecule has 2 rings (SSSR count). The summed E-state index contributed by atoms with van der Waals surface area (Å²) in [6.45, 7) is 1.92. The van der Waals surface area contributed by atoms with E-state index in [1.165, 1.54) is 0 Å². The molecule has 0 bridgehead atoms. The van der Waals surface area contributed by atoms with E-state index in [2.05, 4.69) is 40.2 Å². The van der Waals surface area contributed by atoms with Crippen molar-refractivity contribution in [3.63, 3.8) is 0 Å². The molecule has 0 amide bonds. The van der Waals surface area contributed by atoms with Crippen LogP contribution in [0.4, 0.5) is 0 Å². The molecule has 0 aliphatic carbocycles. The molecule has 0 heterocycles. The van der Waals surface area contributed by atoms with Crippen LogP contribution < -0.4 is 0 Å². The second kappa shape index (κ2) is 6.08. The lowest BCUT2D eigenvalue weighted by atomic mass is 10.1. The molecule has 0 radical (unpaired) electrons. The van der Waals surface area contributed by atoms with E-state index in [4.69, 9.17) is 5.26 Å². The summed E-state index contributed by atoms with van der Waals surface area (Å²) in [6.07, 6.45) is 0. The maximum absolute atomic E-state index is 8.93. The lowest BCUT2D eigenvalue weighted by Crippen LogP contribution is -1.91. The van der Waals surface area contributed by atoms with Crippen molar-refractivity contribution < 1.29 is 0 Å². The molecule has 0 aromatic heterocycles. The van der Waals surface area contributed by atoms with Crippen molar-refractivity contribution in [3.8, 4) is 17.2 Å². The van der Waals surface area contributed by atoms with Crippen molar-refractivity contribution >= 4 is 27.7 Å². The van der Waals surface area contributed by atoms with Gasteiger partial charge < -0.3 is 0 Å². The molecule has 0 fully saturated rings. The van der Waals surface area contributed by atoms with Crippen LogP contribution in [0.1, 0.15) is 6.92 Å². The van der Waals surface area contributed by atoms with Crippen molar-refractivity contribution in [1.29, 1.82) is 5.26 Å². The fourth-order valence-corrected chi connectivity index (χ4v) is 3.08. The summed E-state index contributed by atoms with van der Waals surface area (Å²) >= 11 is 5.17. The second-order valence-corrected chi connectivity index (χ2v) is 6.10. The minimum absolute atomic E-state index is 0.0476. The number of nitriles is 1. The quantitative estimate of drug-likeness (QED) is 0.733. The molecule has 0 N–H and O–H groups in total. The predicted molar refractivity (Wildman–Crippen MR) is 80.5 cm³/mol. The molecule has 2 aromatic carbocycles. The van der Waals surface area contributed by atoms with E-state index >= 15 is 0 Å². The first kappa shape index (κ1) is 13.2. The molecule has 90 valence electrons. The highest BCUT2D eigenvalue weighted by Crippen LogP contribution is 2.36. The molecular weight excluding hydrogens is 306 g/mol. The molecule has 18 heavy (non-hydrogen) atoms. The zero-order valence-electron chi connectivity index (χ0n) is 9.93. The fraction of sp³-hybridized carbons (Fsp3) is 0.133. The van der Waals surface area contributed by atoms with Crippen molar-refractivity contribution in [2.45, 2.75) is 17.1 Å². The summed E-state index contributed by atoms with van der Waals surface area (Å²) in [4.78, 5) is 1.14. The Morgan fingerprint density at radius 2 is 1.67 bits per heavy atom. The Hall–Kier alpha value is -1.24. The van der Waals surface area contributed by atoms with Crippen LogP contribution in [-0.4, -0.2) is 5.25 Å². The van der Waals surface area contributed by atoms with Crippen LogP contribution >= 0.6 is 27.7 Å². The number of rotatable bonds is 3. The molecule has 2 aromatic rings. The standard InChI is InChI=1S/C15H12BrNS/c1-11(10-17)18-15-9-5-3-7-13(15)12-6-2-4-8-14(12)16/h2-9,11H,1H3. The highest BCUT2D eigenvalue weighted by atomic mass is 79.9. The normalized spacial score (nSPS) is 11.8. The lowest BCUT2D eigenvalue weighted by molar-refractivity contribution is 1.23. The van der Waals surface area contributed by atoms with Crippen LogP contribution in [0.5, 0.6) is 0 Å². The average molecular weight is 318 g/mol. The van der Waals surface area contributed by atoms with E-state index in [1.54, 1.807) is 11.8 Å². The molecule has 0 aliphatic rings. The molecule has 3 heteroatoms. The highest BCUT2D eigenvalue weighted by Gasteiger charge is 2.10. The summed E-state index contributed by atoms with van der Waals surface area (Å²) in [5.41, 5.74) is 2.32. The molecule has 1 atom stereocenters. The molecule has 0 saturated heterocycles. The third-order valence-corrected chi connectivity index (χ3v) is 4.30. The topological polar surface area (TPSA) is 23.8 Å². The van der Waals surface area contributed by atoms with Gasteiger partial charge in [-0.25, -0.2) is 0 Å². The van der Waals surface area contributed by atoms with Gasteiger partial charge in [0.25, 0.3) is 0 Å². The number of halogens is 1. The van der Waals surface area contributed by atoms with Gasteiger partial charge in [-0.15, -0.1) is 11.8 Å². The highest BCUT2D eigenvalue weighted by molar-refractivity contribution is 9.10. The van der Waals surface area contributed by atoms with Gasteiger partial charge >= 0.3 is 0 Å². The maximum Gasteiger partial charge on any atom is 0.0935 e. The van der Waals surface area contributed by atoms with Gasteiger partial charge in [0.2, 0.25) is 0 Å². The van der Waals surface area contributed by atoms with Crippen LogP contribution in [0, 0.1) is 11.3 Å². The van der Waals surface area contributed by atoms with Gasteiger partial charge in [0.05, 0.1) is 11.3 Å². The fourth-order valence-electron chi connectivity index (χ4n) is 1.69. The minimum atomic E-state index is -0.0476. The first-order valence-corrected chi connectivity index (χ1v) is 7.30. The Morgan fingerprint density at radius 3 is 2.33 bits per heavy atom. The summed E-state index contributed by atoms with van der Waals surface area (Å²) < 4.78 is 1.07. The molecule has 0 saturated carbocycles. The average Bonchev–Trinajstić information content (AvgIpc) is 2.40. The molecule has 0 aliphatic heterocycles. The van der Waals surface area contributed by atoms with E-state index < -0.39 is 0 Å². The zero-order chi connectivity index (χ0) is 13.0. The molecular formula is C15H12BrNS. The molecule has 1 unspecified atom stereocenters. The Bertz CT molecular complexity index is 589. The smallest absolute Gasteiger partial charge is 0.0935 e. The van der Waals surface area contributed by atoms with E-state index in [9.17, 15) is 0 Å². The van der Waals surface area contributed by atoms with Gasteiger partial charge in [0, 0.05) is 9.37 Å². The Balaban J connectivity index is 2.46. The number of thioether (sulfide) groups is 1. The van der Waals surface area contributed by atoms with Gasteiger partial charge in [0.1, 0.15) is 0 Å². The largest absolute Gasteiger partial charge is 0.197 e. The van der Waals surface area contributed by atoms with Crippen LogP contribution in [0.15, 0.2) is 57.9 Å². The summed E-state index contributed by atoms with van der Waals surface area (Å²) in [5.74, 6) is 0. The Labute approximate surface area is 120 Å². The third-order valence-electron chi connectivity index (χ3n) is 2.54. The first-order chi connectivity index (χ1) is 8.72. The van der Waals surface area contributed by atoms with Crippen molar-refractivity contribution in [1.82, 2.24) is 0 Å². The molecule has 0 spiro atoms.